The highest BCUT2D eigenvalue weighted by Gasteiger charge is 2.24. The molecule has 1 heterocycles. The summed E-state index contributed by atoms with van der Waals surface area (Å²) in [5, 5.41) is 0. The molecule has 0 aliphatic rings. The van der Waals surface area contributed by atoms with E-state index in [2.05, 4.69) is 9.72 Å². The van der Waals surface area contributed by atoms with E-state index in [1.807, 2.05) is 7.05 Å². The van der Waals surface area contributed by atoms with Crippen molar-refractivity contribution in [1.29, 1.82) is 0 Å². The van der Waals surface area contributed by atoms with Crippen LogP contribution in [0.4, 0.5) is 0 Å². The fourth-order valence-corrected chi connectivity index (χ4v) is 0.951. The predicted octanol–water partition coefficient (Wildman–Crippen LogP) is 1.55. The first-order chi connectivity index (χ1) is 7.79. The lowest BCUT2D eigenvalue weighted by molar-refractivity contribution is -0.162. The standard InChI is InChI=1S/C12H16N2O3/c1-12(2,3)11(16)17-10(15)6-5-9-7-14(4)8-13-9/h5-8H,1-4H3. The molecule has 0 unspecified atom stereocenters. The van der Waals surface area contributed by atoms with Gasteiger partial charge in [-0.2, -0.15) is 0 Å². The summed E-state index contributed by atoms with van der Waals surface area (Å²) in [5.74, 6) is -1.23. The van der Waals surface area contributed by atoms with E-state index in [4.69, 9.17) is 0 Å². The van der Waals surface area contributed by atoms with Crippen molar-refractivity contribution in [2.75, 3.05) is 0 Å². The van der Waals surface area contributed by atoms with Crippen molar-refractivity contribution in [2.24, 2.45) is 12.5 Å². The lowest BCUT2D eigenvalue weighted by atomic mass is 9.97. The average Bonchev–Trinajstić information content (AvgIpc) is 2.60. The van der Waals surface area contributed by atoms with E-state index in [0.29, 0.717) is 5.69 Å². The lowest BCUT2D eigenvalue weighted by Gasteiger charge is -2.14. The van der Waals surface area contributed by atoms with Crippen molar-refractivity contribution < 1.29 is 14.3 Å². The van der Waals surface area contributed by atoms with E-state index < -0.39 is 17.4 Å². The number of carbonyl (C=O) groups is 2. The van der Waals surface area contributed by atoms with Crippen molar-refractivity contribution in [3.63, 3.8) is 0 Å². The third-order valence-electron chi connectivity index (χ3n) is 1.92. The van der Waals surface area contributed by atoms with Crippen LogP contribution in [0.25, 0.3) is 6.08 Å². The molecule has 0 atom stereocenters. The minimum atomic E-state index is -0.686. The molecule has 0 saturated heterocycles. The van der Waals surface area contributed by atoms with Crippen LogP contribution in [0.15, 0.2) is 18.6 Å². The second-order valence-electron chi connectivity index (χ2n) is 4.76. The van der Waals surface area contributed by atoms with E-state index in [1.165, 1.54) is 12.2 Å². The smallest absolute Gasteiger partial charge is 0.338 e. The fourth-order valence-electron chi connectivity index (χ4n) is 0.951. The molecule has 0 N–H and O–H groups in total. The zero-order valence-electron chi connectivity index (χ0n) is 10.4. The van der Waals surface area contributed by atoms with Gasteiger partial charge in [0, 0.05) is 19.3 Å². The highest BCUT2D eigenvalue weighted by atomic mass is 16.6. The van der Waals surface area contributed by atoms with Crippen molar-refractivity contribution in [1.82, 2.24) is 9.55 Å². The summed E-state index contributed by atoms with van der Waals surface area (Å²) in [7, 11) is 1.83. The maximum Gasteiger partial charge on any atom is 0.338 e. The van der Waals surface area contributed by atoms with Gasteiger partial charge in [-0.3, -0.25) is 4.79 Å². The Morgan fingerprint density at radius 3 is 2.53 bits per heavy atom. The Labute approximate surface area is 100 Å². The molecule has 92 valence electrons. The van der Waals surface area contributed by atoms with Crippen LogP contribution in [0.5, 0.6) is 0 Å². The summed E-state index contributed by atoms with van der Waals surface area (Å²) >= 11 is 0. The molecule has 5 nitrogen and oxygen atoms in total. The first-order valence-corrected chi connectivity index (χ1v) is 5.21. The highest BCUT2D eigenvalue weighted by Crippen LogP contribution is 2.15. The number of nitrogens with zero attached hydrogens (tertiary/aromatic N) is 2. The molecule has 0 amide bonds. The predicted molar refractivity (Wildman–Crippen MR) is 62.8 cm³/mol. The Hall–Kier alpha value is -1.91. The minimum absolute atomic E-state index is 0.548. The van der Waals surface area contributed by atoms with E-state index in [9.17, 15) is 9.59 Å². The zero-order chi connectivity index (χ0) is 13.1. The normalized spacial score (nSPS) is 11.8. The van der Waals surface area contributed by atoms with Crippen molar-refractivity contribution in [3.8, 4) is 0 Å². The van der Waals surface area contributed by atoms with Crippen LogP contribution in [0.1, 0.15) is 26.5 Å². The number of esters is 2. The monoisotopic (exact) mass is 236 g/mol. The number of ether oxygens (including phenoxy) is 1. The summed E-state index contributed by atoms with van der Waals surface area (Å²) in [6.07, 6.45) is 6.05. The number of hydrogen-bond acceptors (Lipinski definition) is 4. The Balaban J connectivity index is 2.56. The topological polar surface area (TPSA) is 61.2 Å². The number of rotatable bonds is 2. The van der Waals surface area contributed by atoms with E-state index in [1.54, 1.807) is 37.9 Å². The van der Waals surface area contributed by atoms with Gasteiger partial charge in [-0.05, 0) is 26.8 Å². The fraction of sp³-hybridized carbons (Fsp3) is 0.417. The van der Waals surface area contributed by atoms with Crippen LogP contribution in [-0.2, 0) is 21.4 Å². The van der Waals surface area contributed by atoms with Crippen LogP contribution < -0.4 is 0 Å². The molecule has 0 bridgehead atoms. The molecule has 0 aliphatic heterocycles. The van der Waals surface area contributed by atoms with Gasteiger partial charge in [-0.25, -0.2) is 9.78 Å². The van der Waals surface area contributed by atoms with Crippen LogP contribution in [0.3, 0.4) is 0 Å². The van der Waals surface area contributed by atoms with Gasteiger partial charge in [0.05, 0.1) is 17.4 Å². The second kappa shape index (κ2) is 4.95. The number of aryl methyl sites for hydroxylation is 1. The number of imidazole rings is 1. The second-order valence-corrected chi connectivity index (χ2v) is 4.76. The number of aromatic nitrogens is 2. The number of hydrogen-bond donors (Lipinski definition) is 0. The molecule has 0 radical (unpaired) electrons. The first kappa shape index (κ1) is 13.2. The summed E-state index contributed by atoms with van der Waals surface area (Å²) < 4.78 is 6.40. The molecular weight excluding hydrogens is 220 g/mol. The molecule has 0 fully saturated rings. The molecule has 1 rings (SSSR count). The van der Waals surface area contributed by atoms with E-state index in [0.717, 1.165) is 0 Å². The highest BCUT2D eigenvalue weighted by molar-refractivity contribution is 5.95. The molecule has 5 heteroatoms. The zero-order valence-corrected chi connectivity index (χ0v) is 10.4. The molecule has 0 spiro atoms. The van der Waals surface area contributed by atoms with Gasteiger partial charge in [0.15, 0.2) is 0 Å². The maximum atomic E-state index is 11.4. The van der Waals surface area contributed by atoms with Gasteiger partial charge in [0.2, 0.25) is 0 Å². The van der Waals surface area contributed by atoms with Crippen LogP contribution in [-0.4, -0.2) is 21.5 Å². The number of carbonyl (C=O) groups excluding carboxylic acids is 2. The summed E-state index contributed by atoms with van der Waals surface area (Å²) in [4.78, 5) is 26.7. The molecule has 1 aromatic rings. The van der Waals surface area contributed by atoms with Gasteiger partial charge in [-0.1, -0.05) is 0 Å². The van der Waals surface area contributed by atoms with Gasteiger partial charge < -0.3 is 9.30 Å². The summed E-state index contributed by atoms with van der Waals surface area (Å²) in [6.45, 7) is 5.06. The van der Waals surface area contributed by atoms with Crippen molar-refractivity contribution in [2.45, 2.75) is 20.8 Å². The Morgan fingerprint density at radius 2 is 2.06 bits per heavy atom. The van der Waals surface area contributed by atoms with Gasteiger partial charge in [0.25, 0.3) is 0 Å². The van der Waals surface area contributed by atoms with Crippen LogP contribution in [0, 0.1) is 5.41 Å². The van der Waals surface area contributed by atoms with Crippen molar-refractivity contribution in [3.05, 3.63) is 24.3 Å². The summed E-state index contributed by atoms with van der Waals surface area (Å²) in [5.41, 5.74) is -0.0539. The van der Waals surface area contributed by atoms with Crippen LogP contribution in [0.2, 0.25) is 0 Å². The van der Waals surface area contributed by atoms with Crippen molar-refractivity contribution >= 4 is 18.0 Å². The van der Waals surface area contributed by atoms with E-state index >= 15 is 0 Å². The largest absolute Gasteiger partial charge is 0.389 e. The SMILES string of the molecule is Cn1cnc(C=CC(=O)OC(=O)C(C)(C)C)c1. The third-order valence-corrected chi connectivity index (χ3v) is 1.92. The average molecular weight is 236 g/mol. The Bertz CT molecular complexity index is 453. The van der Waals surface area contributed by atoms with Gasteiger partial charge in [0.1, 0.15) is 0 Å². The molecule has 17 heavy (non-hydrogen) atoms. The maximum absolute atomic E-state index is 11.4. The molecule has 0 aromatic carbocycles. The van der Waals surface area contributed by atoms with E-state index in [-0.39, 0.29) is 0 Å². The minimum Gasteiger partial charge on any atom is -0.389 e. The third kappa shape index (κ3) is 4.22. The van der Waals surface area contributed by atoms with Gasteiger partial charge >= 0.3 is 11.9 Å². The molecule has 0 saturated carbocycles. The molecular formula is C12H16N2O3. The quantitative estimate of drug-likeness (QED) is 0.444. The summed E-state index contributed by atoms with van der Waals surface area (Å²) in [6, 6.07) is 0. The van der Waals surface area contributed by atoms with Crippen LogP contribution >= 0.6 is 0 Å². The molecule has 0 aliphatic carbocycles. The lowest BCUT2D eigenvalue weighted by Crippen LogP contribution is -2.25. The Morgan fingerprint density at radius 1 is 1.41 bits per heavy atom. The Kier molecular flexibility index (Phi) is 3.83. The first-order valence-electron chi connectivity index (χ1n) is 5.21. The van der Waals surface area contributed by atoms with Gasteiger partial charge in [-0.15, -0.1) is 0 Å². The molecule has 1 aromatic heterocycles.